The lowest BCUT2D eigenvalue weighted by Gasteiger charge is -2.31. The van der Waals surface area contributed by atoms with Crippen molar-refractivity contribution in [1.82, 2.24) is 10.2 Å². The summed E-state index contributed by atoms with van der Waals surface area (Å²) in [5, 5.41) is 3.29. The standard InChI is InChI=1S/C12H22N2O2/c1-10-3-6-14(7-10)11(15)12(9-16-2)4-5-13-8-12/h10,13H,3-9H2,1-2H3. The van der Waals surface area contributed by atoms with Crippen molar-refractivity contribution in [2.75, 3.05) is 39.9 Å². The molecule has 0 radical (unpaired) electrons. The molecule has 0 saturated carbocycles. The van der Waals surface area contributed by atoms with Crippen LogP contribution in [0.15, 0.2) is 0 Å². The van der Waals surface area contributed by atoms with Gasteiger partial charge in [-0.05, 0) is 25.3 Å². The molecule has 2 rings (SSSR count). The lowest BCUT2D eigenvalue weighted by molar-refractivity contribution is -0.143. The van der Waals surface area contributed by atoms with Crippen molar-refractivity contribution < 1.29 is 9.53 Å². The first-order chi connectivity index (χ1) is 7.68. The summed E-state index contributed by atoms with van der Waals surface area (Å²) in [6.07, 6.45) is 2.05. The molecule has 2 unspecified atom stereocenters. The highest BCUT2D eigenvalue weighted by molar-refractivity contribution is 5.83. The first-order valence-corrected chi connectivity index (χ1v) is 6.17. The molecule has 2 saturated heterocycles. The SMILES string of the molecule is COCC1(C(=O)N2CCC(C)C2)CCNC1. The zero-order valence-corrected chi connectivity index (χ0v) is 10.3. The highest BCUT2D eigenvalue weighted by Gasteiger charge is 2.44. The van der Waals surface area contributed by atoms with Gasteiger partial charge in [0, 0.05) is 26.7 Å². The highest BCUT2D eigenvalue weighted by atomic mass is 16.5. The molecule has 4 heteroatoms. The molecule has 1 N–H and O–H groups in total. The topological polar surface area (TPSA) is 41.6 Å². The number of carbonyl (C=O) groups is 1. The minimum absolute atomic E-state index is 0.293. The molecule has 1 amide bonds. The fraction of sp³-hybridized carbons (Fsp3) is 0.917. The van der Waals surface area contributed by atoms with Crippen LogP contribution in [0.2, 0.25) is 0 Å². The molecule has 0 spiro atoms. The fourth-order valence-corrected chi connectivity index (χ4v) is 2.84. The van der Waals surface area contributed by atoms with E-state index in [4.69, 9.17) is 4.74 Å². The van der Waals surface area contributed by atoms with Gasteiger partial charge in [-0.15, -0.1) is 0 Å². The van der Waals surface area contributed by atoms with E-state index in [1.54, 1.807) is 7.11 Å². The Morgan fingerprint density at radius 3 is 2.94 bits per heavy atom. The Hall–Kier alpha value is -0.610. The molecule has 0 aliphatic carbocycles. The van der Waals surface area contributed by atoms with Crippen LogP contribution in [-0.2, 0) is 9.53 Å². The monoisotopic (exact) mass is 226 g/mol. The molecule has 0 aromatic carbocycles. The van der Waals surface area contributed by atoms with Crippen molar-refractivity contribution >= 4 is 5.91 Å². The van der Waals surface area contributed by atoms with E-state index in [1.165, 1.54) is 0 Å². The molecular weight excluding hydrogens is 204 g/mol. The highest BCUT2D eigenvalue weighted by Crippen LogP contribution is 2.30. The summed E-state index contributed by atoms with van der Waals surface area (Å²) in [4.78, 5) is 14.5. The lowest BCUT2D eigenvalue weighted by atomic mass is 9.86. The summed E-state index contributed by atoms with van der Waals surface area (Å²) in [5.74, 6) is 0.946. The quantitative estimate of drug-likeness (QED) is 0.761. The van der Waals surface area contributed by atoms with Gasteiger partial charge in [0.15, 0.2) is 0 Å². The average Bonchev–Trinajstić information content (AvgIpc) is 2.87. The number of carbonyl (C=O) groups excluding carboxylic acids is 1. The summed E-state index contributed by atoms with van der Waals surface area (Å²) < 4.78 is 5.25. The maximum absolute atomic E-state index is 12.5. The van der Waals surface area contributed by atoms with Gasteiger partial charge in [-0.2, -0.15) is 0 Å². The third kappa shape index (κ3) is 2.09. The number of nitrogens with one attached hydrogen (secondary N) is 1. The van der Waals surface area contributed by atoms with Gasteiger partial charge in [0.1, 0.15) is 0 Å². The summed E-state index contributed by atoms with van der Waals surface area (Å²) in [5.41, 5.74) is -0.293. The van der Waals surface area contributed by atoms with Gasteiger partial charge in [0.05, 0.1) is 12.0 Å². The fourth-order valence-electron chi connectivity index (χ4n) is 2.84. The molecule has 4 nitrogen and oxygen atoms in total. The number of methoxy groups -OCH3 is 1. The molecule has 0 bridgehead atoms. The van der Waals surface area contributed by atoms with E-state index < -0.39 is 0 Å². The van der Waals surface area contributed by atoms with Crippen molar-refractivity contribution in [3.8, 4) is 0 Å². The summed E-state index contributed by atoms with van der Waals surface area (Å²) in [7, 11) is 1.68. The number of rotatable bonds is 3. The minimum atomic E-state index is -0.293. The largest absolute Gasteiger partial charge is 0.384 e. The second-order valence-electron chi connectivity index (χ2n) is 5.29. The third-order valence-corrected chi connectivity index (χ3v) is 3.83. The Morgan fingerprint density at radius 1 is 1.62 bits per heavy atom. The van der Waals surface area contributed by atoms with Crippen LogP contribution in [0.5, 0.6) is 0 Å². The smallest absolute Gasteiger partial charge is 0.232 e. The molecule has 2 aliphatic heterocycles. The molecule has 2 atom stereocenters. The lowest BCUT2D eigenvalue weighted by Crippen LogP contribution is -2.47. The van der Waals surface area contributed by atoms with E-state index in [2.05, 4.69) is 12.2 Å². The number of ether oxygens (including phenoxy) is 1. The van der Waals surface area contributed by atoms with Crippen molar-refractivity contribution in [3.05, 3.63) is 0 Å². The molecular formula is C12H22N2O2. The molecule has 2 aliphatic rings. The van der Waals surface area contributed by atoms with Gasteiger partial charge in [-0.3, -0.25) is 4.79 Å². The van der Waals surface area contributed by atoms with Crippen LogP contribution in [0, 0.1) is 11.3 Å². The summed E-state index contributed by atoms with van der Waals surface area (Å²) >= 11 is 0. The number of amides is 1. The van der Waals surface area contributed by atoms with Crippen molar-refractivity contribution in [2.24, 2.45) is 11.3 Å². The average molecular weight is 226 g/mol. The Morgan fingerprint density at radius 2 is 2.44 bits per heavy atom. The molecule has 0 aromatic heterocycles. The van der Waals surface area contributed by atoms with Gasteiger partial charge < -0.3 is 15.0 Å². The second kappa shape index (κ2) is 4.72. The molecule has 92 valence electrons. The minimum Gasteiger partial charge on any atom is -0.384 e. The number of hydrogen-bond acceptors (Lipinski definition) is 3. The van der Waals surface area contributed by atoms with Crippen LogP contribution in [0.25, 0.3) is 0 Å². The zero-order valence-electron chi connectivity index (χ0n) is 10.3. The van der Waals surface area contributed by atoms with Crippen LogP contribution < -0.4 is 5.32 Å². The first kappa shape index (κ1) is 11.9. The Kier molecular flexibility index (Phi) is 3.50. The third-order valence-electron chi connectivity index (χ3n) is 3.83. The molecule has 2 fully saturated rings. The Labute approximate surface area is 97.3 Å². The Balaban J connectivity index is 2.05. The molecule has 2 heterocycles. The van der Waals surface area contributed by atoms with Crippen molar-refractivity contribution in [3.63, 3.8) is 0 Å². The number of nitrogens with zero attached hydrogens (tertiary/aromatic N) is 1. The van der Waals surface area contributed by atoms with Gasteiger partial charge in [-0.25, -0.2) is 0 Å². The molecule has 16 heavy (non-hydrogen) atoms. The molecule has 0 aromatic rings. The van der Waals surface area contributed by atoms with Crippen LogP contribution in [-0.4, -0.2) is 50.7 Å². The van der Waals surface area contributed by atoms with E-state index in [1.807, 2.05) is 4.90 Å². The van der Waals surface area contributed by atoms with E-state index in [-0.39, 0.29) is 5.41 Å². The van der Waals surface area contributed by atoms with Gasteiger partial charge in [0.2, 0.25) is 5.91 Å². The second-order valence-corrected chi connectivity index (χ2v) is 5.29. The zero-order chi connectivity index (χ0) is 11.6. The van der Waals surface area contributed by atoms with E-state index in [0.717, 1.165) is 39.0 Å². The van der Waals surface area contributed by atoms with Crippen LogP contribution in [0.4, 0.5) is 0 Å². The van der Waals surface area contributed by atoms with Crippen LogP contribution in [0.1, 0.15) is 19.8 Å². The first-order valence-electron chi connectivity index (χ1n) is 6.17. The van der Waals surface area contributed by atoms with E-state index in [9.17, 15) is 4.79 Å². The maximum atomic E-state index is 12.5. The maximum Gasteiger partial charge on any atom is 0.232 e. The number of likely N-dealkylation sites (tertiary alicyclic amines) is 1. The summed E-state index contributed by atoms with van der Waals surface area (Å²) in [6.45, 7) is 6.30. The van der Waals surface area contributed by atoms with Crippen LogP contribution >= 0.6 is 0 Å². The predicted molar refractivity (Wildman–Crippen MR) is 62.2 cm³/mol. The van der Waals surface area contributed by atoms with Crippen molar-refractivity contribution in [2.45, 2.75) is 19.8 Å². The Bertz CT molecular complexity index is 262. The van der Waals surface area contributed by atoms with Gasteiger partial charge in [-0.1, -0.05) is 6.92 Å². The van der Waals surface area contributed by atoms with Gasteiger partial charge in [0.25, 0.3) is 0 Å². The summed E-state index contributed by atoms with van der Waals surface area (Å²) in [6, 6.07) is 0. The normalized spacial score (nSPS) is 34.6. The van der Waals surface area contributed by atoms with Crippen LogP contribution in [0.3, 0.4) is 0 Å². The van der Waals surface area contributed by atoms with E-state index >= 15 is 0 Å². The van der Waals surface area contributed by atoms with E-state index in [0.29, 0.717) is 18.4 Å². The predicted octanol–water partition coefficient (Wildman–Crippen LogP) is 0.481. The van der Waals surface area contributed by atoms with Crippen molar-refractivity contribution in [1.29, 1.82) is 0 Å². The van der Waals surface area contributed by atoms with Gasteiger partial charge >= 0.3 is 0 Å². The number of hydrogen-bond donors (Lipinski definition) is 1.